The largest absolute Gasteiger partial charge is 0.244 e. The molecule has 22 heavy (non-hydrogen) atoms. The molecule has 114 valence electrons. The molecule has 2 aromatic heterocycles. The quantitative estimate of drug-likeness (QED) is 0.580. The fourth-order valence-corrected chi connectivity index (χ4v) is 4.74. The highest BCUT2D eigenvalue weighted by molar-refractivity contribution is 8.00. The van der Waals surface area contributed by atoms with Gasteiger partial charge in [-0.05, 0) is 18.4 Å². The molecule has 3 aromatic rings. The zero-order valence-corrected chi connectivity index (χ0v) is 15.2. The van der Waals surface area contributed by atoms with Crippen molar-refractivity contribution in [3.8, 4) is 10.6 Å². The van der Waals surface area contributed by atoms with E-state index >= 15 is 0 Å². The topological polar surface area (TPSA) is 38.7 Å². The lowest BCUT2D eigenvalue weighted by molar-refractivity contribution is 0.867. The number of rotatable bonds is 5. The molecule has 0 aliphatic carbocycles. The van der Waals surface area contributed by atoms with Gasteiger partial charge in [-0.3, -0.25) is 0 Å². The summed E-state index contributed by atoms with van der Waals surface area (Å²) in [6, 6.07) is 8.72. The summed E-state index contributed by atoms with van der Waals surface area (Å²) >= 11 is 5.11. The van der Waals surface area contributed by atoms with E-state index in [0.717, 1.165) is 20.1 Å². The summed E-state index contributed by atoms with van der Waals surface area (Å²) < 4.78 is 1.02. The molecule has 0 bridgehead atoms. The third kappa shape index (κ3) is 3.74. The molecule has 6 heteroatoms. The highest BCUT2D eigenvalue weighted by atomic mass is 32.2. The van der Waals surface area contributed by atoms with Gasteiger partial charge in [0.05, 0.1) is 0 Å². The van der Waals surface area contributed by atoms with Crippen molar-refractivity contribution in [1.82, 2.24) is 15.2 Å². The highest BCUT2D eigenvalue weighted by Crippen LogP contribution is 2.31. The minimum Gasteiger partial charge on any atom is -0.244 e. The number of nitrogens with zero attached hydrogens (tertiary/aromatic N) is 3. The van der Waals surface area contributed by atoms with Gasteiger partial charge in [-0.1, -0.05) is 61.2 Å². The standard InChI is InChI=1S/C16H17N3S3/c1-10(2)12-4-6-13(7-5-12)15-17-8-14(22-15)9-20-16-19-18-11(3)21-16/h4-8,10H,9H2,1-3H3. The molecule has 0 saturated heterocycles. The third-order valence-electron chi connectivity index (χ3n) is 3.22. The Morgan fingerprint density at radius 2 is 1.86 bits per heavy atom. The summed E-state index contributed by atoms with van der Waals surface area (Å²) in [6.07, 6.45) is 1.97. The van der Waals surface area contributed by atoms with Crippen LogP contribution < -0.4 is 0 Å². The fourth-order valence-electron chi connectivity index (χ4n) is 1.99. The van der Waals surface area contributed by atoms with Gasteiger partial charge in [0.1, 0.15) is 10.0 Å². The van der Waals surface area contributed by atoms with E-state index in [2.05, 4.69) is 53.3 Å². The predicted molar refractivity (Wildman–Crippen MR) is 95.8 cm³/mol. The monoisotopic (exact) mass is 347 g/mol. The molecule has 1 aromatic carbocycles. The van der Waals surface area contributed by atoms with Gasteiger partial charge >= 0.3 is 0 Å². The number of thiazole rings is 1. The van der Waals surface area contributed by atoms with Gasteiger partial charge in [0.2, 0.25) is 0 Å². The Balaban J connectivity index is 1.67. The van der Waals surface area contributed by atoms with E-state index in [-0.39, 0.29) is 0 Å². The van der Waals surface area contributed by atoms with Gasteiger partial charge in [0.25, 0.3) is 0 Å². The number of benzene rings is 1. The normalized spacial score (nSPS) is 11.3. The van der Waals surface area contributed by atoms with Crippen LogP contribution in [0.1, 0.15) is 35.2 Å². The Bertz CT molecular complexity index is 744. The van der Waals surface area contributed by atoms with Gasteiger partial charge in [-0.2, -0.15) is 0 Å². The molecule has 2 heterocycles. The van der Waals surface area contributed by atoms with Crippen LogP contribution in [0.4, 0.5) is 0 Å². The smallest absolute Gasteiger partial charge is 0.174 e. The van der Waals surface area contributed by atoms with Crippen LogP contribution in [0.5, 0.6) is 0 Å². The Morgan fingerprint density at radius 3 is 2.50 bits per heavy atom. The maximum atomic E-state index is 4.55. The number of aryl methyl sites for hydroxylation is 1. The van der Waals surface area contributed by atoms with Crippen molar-refractivity contribution >= 4 is 34.4 Å². The van der Waals surface area contributed by atoms with Gasteiger partial charge in [0.15, 0.2) is 4.34 Å². The first-order valence-corrected chi connectivity index (χ1v) is 9.71. The third-order valence-corrected chi connectivity index (χ3v) is 6.47. The van der Waals surface area contributed by atoms with E-state index < -0.39 is 0 Å². The molecule has 3 nitrogen and oxygen atoms in total. The minimum atomic E-state index is 0.563. The molecule has 0 radical (unpaired) electrons. The van der Waals surface area contributed by atoms with Gasteiger partial charge in [-0.25, -0.2) is 4.98 Å². The summed E-state index contributed by atoms with van der Waals surface area (Å²) in [5.74, 6) is 1.46. The Kier molecular flexibility index (Phi) is 4.90. The first kappa shape index (κ1) is 15.6. The molecule has 0 spiro atoms. The van der Waals surface area contributed by atoms with Crippen molar-refractivity contribution in [2.24, 2.45) is 0 Å². The van der Waals surface area contributed by atoms with Crippen molar-refractivity contribution in [2.45, 2.75) is 36.8 Å². The van der Waals surface area contributed by atoms with Crippen LogP contribution >= 0.6 is 34.4 Å². The van der Waals surface area contributed by atoms with Gasteiger partial charge in [-0.15, -0.1) is 21.5 Å². The van der Waals surface area contributed by atoms with Crippen LogP contribution in [-0.4, -0.2) is 15.2 Å². The van der Waals surface area contributed by atoms with E-state index in [1.165, 1.54) is 16.0 Å². The molecule has 0 unspecified atom stereocenters. The molecule has 0 atom stereocenters. The fraction of sp³-hybridized carbons (Fsp3) is 0.312. The Morgan fingerprint density at radius 1 is 1.09 bits per heavy atom. The van der Waals surface area contributed by atoms with Crippen LogP contribution in [0.25, 0.3) is 10.6 Å². The molecular formula is C16H17N3S3. The van der Waals surface area contributed by atoms with Crippen LogP contribution in [0, 0.1) is 6.92 Å². The SMILES string of the molecule is Cc1nnc(SCc2cnc(-c3ccc(C(C)C)cc3)s2)s1. The molecule has 0 amide bonds. The molecule has 0 fully saturated rings. The molecule has 0 N–H and O–H groups in total. The van der Waals surface area contributed by atoms with E-state index in [1.807, 2.05) is 13.1 Å². The maximum absolute atomic E-state index is 4.55. The number of thioether (sulfide) groups is 1. The second-order valence-electron chi connectivity index (χ2n) is 5.28. The van der Waals surface area contributed by atoms with Gasteiger partial charge in [0, 0.05) is 22.4 Å². The van der Waals surface area contributed by atoms with E-state index in [1.54, 1.807) is 34.4 Å². The van der Waals surface area contributed by atoms with Gasteiger partial charge < -0.3 is 0 Å². The Hall–Kier alpha value is -1.24. The second-order valence-corrected chi connectivity index (χ2v) is 8.80. The molecular weight excluding hydrogens is 330 g/mol. The maximum Gasteiger partial charge on any atom is 0.174 e. The average molecular weight is 348 g/mol. The lowest BCUT2D eigenvalue weighted by atomic mass is 10.0. The van der Waals surface area contributed by atoms with Crippen molar-refractivity contribution < 1.29 is 0 Å². The molecule has 0 aliphatic rings. The first-order valence-electron chi connectivity index (χ1n) is 7.10. The van der Waals surface area contributed by atoms with Crippen molar-refractivity contribution in [3.05, 3.63) is 45.9 Å². The summed E-state index contributed by atoms with van der Waals surface area (Å²) in [6.45, 7) is 6.40. The molecule has 0 saturated carbocycles. The Labute approximate surface area is 142 Å². The minimum absolute atomic E-state index is 0.563. The van der Waals surface area contributed by atoms with E-state index in [0.29, 0.717) is 5.92 Å². The summed E-state index contributed by atoms with van der Waals surface area (Å²) in [5.41, 5.74) is 2.56. The van der Waals surface area contributed by atoms with Crippen molar-refractivity contribution in [1.29, 1.82) is 0 Å². The van der Waals surface area contributed by atoms with E-state index in [4.69, 9.17) is 0 Å². The van der Waals surface area contributed by atoms with Crippen LogP contribution in [0.3, 0.4) is 0 Å². The zero-order chi connectivity index (χ0) is 15.5. The molecule has 0 aliphatic heterocycles. The van der Waals surface area contributed by atoms with Crippen molar-refractivity contribution in [2.75, 3.05) is 0 Å². The number of hydrogen-bond acceptors (Lipinski definition) is 6. The van der Waals surface area contributed by atoms with Crippen LogP contribution in [0.15, 0.2) is 34.8 Å². The first-order chi connectivity index (χ1) is 10.6. The number of aromatic nitrogens is 3. The second kappa shape index (κ2) is 6.89. The lowest BCUT2D eigenvalue weighted by Crippen LogP contribution is -1.86. The zero-order valence-electron chi connectivity index (χ0n) is 12.7. The summed E-state index contributed by atoms with van der Waals surface area (Å²) in [7, 11) is 0. The lowest BCUT2D eigenvalue weighted by Gasteiger charge is -2.05. The summed E-state index contributed by atoms with van der Waals surface area (Å²) in [5, 5.41) is 10.3. The average Bonchev–Trinajstić information content (AvgIpc) is 3.14. The predicted octanol–water partition coefficient (Wildman–Crippen LogP) is 5.39. The molecule has 3 rings (SSSR count). The highest BCUT2D eigenvalue weighted by Gasteiger charge is 2.08. The number of hydrogen-bond donors (Lipinski definition) is 0. The van der Waals surface area contributed by atoms with E-state index in [9.17, 15) is 0 Å². The van der Waals surface area contributed by atoms with Crippen LogP contribution in [0.2, 0.25) is 0 Å². The van der Waals surface area contributed by atoms with Crippen molar-refractivity contribution in [3.63, 3.8) is 0 Å². The summed E-state index contributed by atoms with van der Waals surface area (Å²) in [4.78, 5) is 5.82. The van der Waals surface area contributed by atoms with Crippen LogP contribution in [-0.2, 0) is 5.75 Å².